The van der Waals surface area contributed by atoms with Crippen LogP contribution in [0.2, 0.25) is 0 Å². The van der Waals surface area contributed by atoms with Gasteiger partial charge < -0.3 is 5.11 Å². The average molecular weight is 174 g/mol. The molecule has 0 spiro atoms. The van der Waals surface area contributed by atoms with E-state index in [0.29, 0.717) is 6.42 Å². The number of carbonyl (C=O) groups is 1. The maximum absolute atomic E-state index is 11.1. The van der Waals surface area contributed by atoms with Crippen LogP contribution in [-0.4, -0.2) is 17.1 Å². The number of carbonyl (C=O) groups excluding carboxylic acids is 1. The molecule has 0 aromatic carbocycles. The Labute approximate surface area is 73.1 Å². The smallest absolute Gasteiger partial charge is 0.237 e. The van der Waals surface area contributed by atoms with Crippen molar-refractivity contribution in [1.82, 2.24) is 5.43 Å². The van der Waals surface area contributed by atoms with Crippen molar-refractivity contribution in [2.24, 2.45) is 11.8 Å². The Morgan fingerprint density at radius 2 is 2.25 bits per heavy atom. The summed E-state index contributed by atoms with van der Waals surface area (Å²) < 4.78 is 0. The van der Waals surface area contributed by atoms with Crippen molar-refractivity contribution in [3.05, 3.63) is 0 Å². The van der Waals surface area contributed by atoms with Crippen molar-refractivity contribution >= 4 is 5.91 Å². The number of nitrogens with one attached hydrogen (secondary N) is 1. The number of amides is 1. The van der Waals surface area contributed by atoms with Crippen molar-refractivity contribution in [2.75, 3.05) is 0 Å². The van der Waals surface area contributed by atoms with Crippen LogP contribution in [-0.2, 0) is 4.79 Å². The monoisotopic (exact) mass is 174 g/mol. The van der Waals surface area contributed by atoms with Crippen LogP contribution in [0.5, 0.6) is 0 Å². The van der Waals surface area contributed by atoms with Crippen molar-refractivity contribution in [1.29, 1.82) is 0 Å². The van der Waals surface area contributed by atoms with E-state index in [0.717, 1.165) is 12.8 Å². The minimum Gasteiger partial charge on any atom is -0.393 e. The molecule has 0 heterocycles. The molecule has 0 radical (unpaired) electrons. The second-order valence-corrected chi connectivity index (χ2v) is 3.08. The number of rotatable bonds is 5. The third-order valence-electron chi connectivity index (χ3n) is 1.78. The zero-order valence-electron chi connectivity index (χ0n) is 7.71. The Balaban J connectivity index is 3.94. The third kappa shape index (κ3) is 4.31. The molecule has 4 heteroatoms. The molecule has 0 saturated heterocycles. The van der Waals surface area contributed by atoms with E-state index in [1.165, 1.54) is 0 Å². The maximum Gasteiger partial charge on any atom is 0.237 e. The molecule has 12 heavy (non-hydrogen) atoms. The van der Waals surface area contributed by atoms with Crippen LogP contribution in [0, 0.1) is 5.92 Å². The van der Waals surface area contributed by atoms with E-state index in [9.17, 15) is 4.79 Å². The summed E-state index contributed by atoms with van der Waals surface area (Å²) in [5.41, 5.74) is 2.11. The van der Waals surface area contributed by atoms with Crippen LogP contribution in [0.1, 0.15) is 33.1 Å². The molecular formula is C8H18N2O2. The predicted molar refractivity (Wildman–Crippen MR) is 47.0 cm³/mol. The molecule has 0 aliphatic carbocycles. The van der Waals surface area contributed by atoms with Crippen LogP contribution in [0.3, 0.4) is 0 Å². The van der Waals surface area contributed by atoms with Crippen LogP contribution in [0.25, 0.3) is 0 Å². The van der Waals surface area contributed by atoms with Crippen molar-refractivity contribution in [2.45, 2.75) is 39.2 Å². The molecule has 0 aromatic heterocycles. The topological polar surface area (TPSA) is 75.3 Å². The van der Waals surface area contributed by atoms with Crippen molar-refractivity contribution in [3.8, 4) is 0 Å². The van der Waals surface area contributed by atoms with Gasteiger partial charge in [0.25, 0.3) is 0 Å². The van der Waals surface area contributed by atoms with Gasteiger partial charge in [0.2, 0.25) is 5.91 Å². The van der Waals surface area contributed by atoms with E-state index in [1.807, 2.05) is 6.92 Å². The summed E-state index contributed by atoms with van der Waals surface area (Å²) in [4.78, 5) is 11.1. The Kier molecular flexibility index (Phi) is 5.66. The summed E-state index contributed by atoms with van der Waals surface area (Å²) in [7, 11) is 0. The van der Waals surface area contributed by atoms with Crippen LogP contribution in [0.4, 0.5) is 0 Å². The lowest BCUT2D eigenvalue weighted by Gasteiger charge is -2.15. The van der Waals surface area contributed by atoms with Gasteiger partial charge in [-0.25, -0.2) is 5.84 Å². The Bertz CT molecular complexity index is 137. The zero-order chi connectivity index (χ0) is 9.56. The van der Waals surface area contributed by atoms with Crippen LogP contribution in [0.15, 0.2) is 0 Å². The largest absolute Gasteiger partial charge is 0.393 e. The van der Waals surface area contributed by atoms with E-state index in [-0.39, 0.29) is 11.8 Å². The zero-order valence-corrected chi connectivity index (χ0v) is 7.71. The van der Waals surface area contributed by atoms with Gasteiger partial charge in [-0.2, -0.15) is 0 Å². The van der Waals surface area contributed by atoms with Crippen LogP contribution < -0.4 is 11.3 Å². The summed E-state index contributed by atoms with van der Waals surface area (Å²) in [6.07, 6.45) is 1.73. The standard InChI is InChI=1S/C8H18N2O2/c1-3-4-7(5-6(2)11)8(12)10-9/h6-7,11H,3-5,9H2,1-2H3,(H,10,12). The third-order valence-corrected chi connectivity index (χ3v) is 1.78. The number of aliphatic hydroxyl groups is 1. The maximum atomic E-state index is 11.1. The molecule has 2 atom stereocenters. The molecule has 0 aliphatic rings. The molecule has 4 N–H and O–H groups in total. The van der Waals surface area contributed by atoms with E-state index < -0.39 is 6.10 Å². The summed E-state index contributed by atoms with van der Waals surface area (Å²) in [5.74, 6) is 4.66. The average Bonchev–Trinajstić information content (AvgIpc) is 2.01. The molecule has 0 bridgehead atoms. The van der Waals surface area contributed by atoms with Gasteiger partial charge in [0.1, 0.15) is 0 Å². The van der Waals surface area contributed by atoms with Gasteiger partial charge in [0, 0.05) is 5.92 Å². The lowest BCUT2D eigenvalue weighted by atomic mass is 9.96. The summed E-state index contributed by atoms with van der Waals surface area (Å²) in [6.45, 7) is 3.67. The Morgan fingerprint density at radius 3 is 2.58 bits per heavy atom. The molecule has 72 valence electrons. The van der Waals surface area contributed by atoms with Crippen molar-refractivity contribution < 1.29 is 9.90 Å². The highest BCUT2D eigenvalue weighted by molar-refractivity contribution is 5.77. The van der Waals surface area contributed by atoms with Gasteiger partial charge in [-0.1, -0.05) is 13.3 Å². The molecule has 0 rings (SSSR count). The molecule has 4 nitrogen and oxygen atoms in total. The quantitative estimate of drug-likeness (QED) is 0.316. The summed E-state index contributed by atoms with van der Waals surface area (Å²) in [6, 6.07) is 0. The van der Waals surface area contributed by atoms with Gasteiger partial charge in [-0.15, -0.1) is 0 Å². The number of hydrazine groups is 1. The lowest BCUT2D eigenvalue weighted by Crippen LogP contribution is -2.37. The first-order chi connectivity index (χ1) is 5.61. The van der Waals surface area contributed by atoms with E-state index in [1.54, 1.807) is 6.92 Å². The molecule has 2 unspecified atom stereocenters. The van der Waals surface area contributed by atoms with Gasteiger partial charge in [0.05, 0.1) is 6.10 Å². The summed E-state index contributed by atoms with van der Waals surface area (Å²) in [5, 5.41) is 9.07. The number of aliphatic hydroxyl groups excluding tert-OH is 1. The molecule has 0 saturated carbocycles. The molecule has 0 aliphatic heterocycles. The number of hydrogen-bond acceptors (Lipinski definition) is 3. The fourth-order valence-corrected chi connectivity index (χ4v) is 1.23. The molecule has 0 fully saturated rings. The number of nitrogens with two attached hydrogens (primary N) is 1. The fraction of sp³-hybridized carbons (Fsp3) is 0.875. The highest BCUT2D eigenvalue weighted by atomic mass is 16.3. The normalized spacial score (nSPS) is 15.3. The van der Waals surface area contributed by atoms with E-state index >= 15 is 0 Å². The van der Waals surface area contributed by atoms with Crippen molar-refractivity contribution in [3.63, 3.8) is 0 Å². The second-order valence-electron chi connectivity index (χ2n) is 3.08. The minimum absolute atomic E-state index is 0.153. The SMILES string of the molecule is CCCC(CC(C)O)C(=O)NN. The molecule has 1 amide bonds. The fourth-order valence-electron chi connectivity index (χ4n) is 1.23. The Morgan fingerprint density at radius 1 is 1.67 bits per heavy atom. The second kappa shape index (κ2) is 5.97. The van der Waals surface area contributed by atoms with Crippen LogP contribution >= 0.6 is 0 Å². The highest BCUT2D eigenvalue weighted by Gasteiger charge is 2.17. The van der Waals surface area contributed by atoms with E-state index in [2.05, 4.69) is 5.43 Å². The number of hydrogen-bond donors (Lipinski definition) is 3. The van der Waals surface area contributed by atoms with E-state index in [4.69, 9.17) is 10.9 Å². The first-order valence-corrected chi connectivity index (χ1v) is 4.30. The first-order valence-electron chi connectivity index (χ1n) is 4.30. The first kappa shape index (κ1) is 11.4. The molecular weight excluding hydrogens is 156 g/mol. The molecule has 0 aromatic rings. The van der Waals surface area contributed by atoms with Gasteiger partial charge in [-0.05, 0) is 19.8 Å². The summed E-state index contributed by atoms with van der Waals surface area (Å²) >= 11 is 0. The van der Waals surface area contributed by atoms with Gasteiger partial charge in [0.15, 0.2) is 0 Å². The lowest BCUT2D eigenvalue weighted by molar-refractivity contribution is -0.126. The highest BCUT2D eigenvalue weighted by Crippen LogP contribution is 2.13. The minimum atomic E-state index is -0.446. The predicted octanol–water partition coefficient (Wildman–Crippen LogP) is 0.164. The van der Waals surface area contributed by atoms with Gasteiger partial charge >= 0.3 is 0 Å². The van der Waals surface area contributed by atoms with Gasteiger partial charge in [-0.3, -0.25) is 10.2 Å². The Hall–Kier alpha value is -0.610.